The molecular weight excluding hydrogens is 156 g/mol. The van der Waals surface area contributed by atoms with Gasteiger partial charge in [0.2, 0.25) is 5.91 Å². The fraction of sp³-hybridized carbons (Fsp3) is 0.429. The number of nitrogens with one attached hydrogen (secondary N) is 1. The first kappa shape index (κ1) is 8.73. The van der Waals surface area contributed by atoms with E-state index in [1.807, 2.05) is 13.1 Å². The quantitative estimate of drug-likeness (QED) is 0.605. The van der Waals surface area contributed by atoms with Crippen LogP contribution >= 0.6 is 0 Å². The lowest BCUT2D eigenvalue weighted by Gasteiger charge is -2.01. The molecule has 1 aromatic heterocycles. The molecule has 0 aliphatic heterocycles. The molecule has 0 unspecified atom stereocenters. The molecule has 5 heteroatoms. The van der Waals surface area contributed by atoms with Crippen LogP contribution in [0.25, 0.3) is 0 Å². The average molecular weight is 168 g/mol. The molecule has 0 fully saturated rings. The standard InChI is InChI=1S/C7H12N4O/c1-11-6(2-3-10-11)4-9-5-7(8)12/h2-3,9H,4-5H2,1H3,(H2,8,12). The summed E-state index contributed by atoms with van der Waals surface area (Å²) in [5.74, 6) is -0.350. The summed E-state index contributed by atoms with van der Waals surface area (Å²) in [5, 5.41) is 6.87. The Balaban J connectivity index is 2.33. The molecule has 0 bridgehead atoms. The van der Waals surface area contributed by atoms with Gasteiger partial charge in [0, 0.05) is 19.8 Å². The molecule has 1 heterocycles. The zero-order valence-corrected chi connectivity index (χ0v) is 6.95. The van der Waals surface area contributed by atoms with Crippen molar-refractivity contribution in [1.29, 1.82) is 0 Å². The number of nitrogens with zero attached hydrogens (tertiary/aromatic N) is 2. The van der Waals surface area contributed by atoms with Gasteiger partial charge in [-0.25, -0.2) is 0 Å². The summed E-state index contributed by atoms with van der Waals surface area (Å²) >= 11 is 0. The fourth-order valence-corrected chi connectivity index (χ4v) is 0.889. The Morgan fingerprint density at radius 2 is 2.58 bits per heavy atom. The largest absolute Gasteiger partial charge is 0.369 e. The van der Waals surface area contributed by atoms with E-state index in [9.17, 15) is 4.79 Å². The summed E-state index contributed by atoms with van der Waals surface area (Å²) < 4.78 is 1.74. The number of amides is 1. The molecule has 66 valence electrons. The number of carbonyl (C=O) groups is 1. The minimum Gasteiger partial charge on any atom is -0.369 e. The highest BCUT2D eigenvalue weighted by molar-refractivity contribution is 5.75. The summed E-state index contributed by atoms with van der Waals surface area (Å²) in [4.78, 5) is 10.4. The van der Waals surface area contributed by atoms with E-state index in [2.05, 4.69) is 10.4 Å². The third-order valence-corrected chi connectivity index (χ3v) is 1.53. The van der Waals surface area contributed by atoms with Crippen LogP contribution in [-0.4, -0.2) is 22.2 Å². The Morgan fingerprint density at radius 3 is 3.08 bits per heavy atom. The molecule has 0 radical (unpaired) electrons. The molecule has 5 nitrogen and oxygen atoms in total. The van der Waals surface area contributed by atoms with Crippen LogP contribution in [0.4, 0.5) is 0 Å². The molecule has 0 spiro atoms. The molecule has 1 rings (SSSR count). The second kappa shape index (κ2) is 3.87. The van der Waals surface area contributed by atoms with Crippen molar-refractivity contribution >= 4 is 5.91 Å². The molecule has 12 heavy (non-hydrogen) atoms. The topological polar surface area (TPSA) is 72.9 Å². The van der Waals surface area contributed by atoms with Crippen molar-refractivity contribution < 1.29 is 4.79 Å². The van der Waals surface area contributed by atoms with E-state index < -0.39 is 0 Å². The Labute approximate surface area is 70.5 Å². The minimum atomic E-state index is -0.350. The van der Waals surface area contributed by atoms with Crippen LogP contribution in [0.2, 0.25) is 0 Å². The van der Waals surface area contributed by atoms with Gasteiger partial charge >= 0.3 is 0 Å². The Kier molecular flexibility index (Phi) is 2.82. The molecule has 0 aliphatic carbocycles. The first-order valence-corrected chi connectivity index (χ1v) is 3.66. The molecule has 0 saturated carbocycles. The maximum absolute atomic E-state index is 10.4. The summed E-state index contributed by atoms with van der Waals surface area (Å²) in [6.45, 7) is 0.810. The SMILES string of the molecule is Cn1nccc1CNCC(N)=O. The van der Waals surface area contributed by atoms with Gasteiger partial charge in [-0.15, -0.1) is 0 Å². The Morgan fingerprint density at radius 1 is 1.83 bits per heavy atom. The fourth-order valence-electron chi connectivity index (χ4n) is 0.889. The average Bonchev–Trinajstić information content (AvgIpc) is 2.36. The number of rotatable bonds is 4. The predicted molar refractivity (Wildman–Crippen MR) is 44.1 cm³/mol. The van der Waals surface area contributed by atoms with Crippen LogP contribution in [0.5, 0.6) is 0 Å². The minimum absolute atomic E-state index is 0.200. The van der Waals surface area contributed by atoms with E-state index >= 15 is 0 Å². The maximum Gasteiger partial charge on any atom is 0.231 e. The maximum atomic E-state index is 10.4. The number of aryl methyl sites for hydroxylation is 1. The molecule has 3 N–H and O–H groups in total. The van der Waals surface area contributed by atoms with Gasteiger partial charge in [-0.3, -0.25) is 9.48 Å². The lowest BCUT2D eigenvalue weighted by molar-refractivity contribution is -0.117. The molecule has 0 aromatic carbocycles. The lowest BCUT2D eigenvalue weighted by atomic mass is 10.4. The number of hydrogen-bond donors (Lipinski definition) is 2. The second-order valence-electron chi connectivity index (χ2n) is 2.52. The van der Waals surface area contributed by atoms with E-state index in [0.29, 0.717) is 6.54 Å². The van der Waals surface area contributed by atoms with Crippen molar-refractivity contribution in [3.8, 4) is 0 Å². The second-order valence-corrected chi connectivity index (χ2v) is 2.52. The Bertz CT molecular complexity index is 268. The summed E-state index contributed by atoms with van der Waals surface area (Å²) in [7, 11) is 1.85. The molecule has 0 atom stereocenters. The zero-order chi connectivity index (χ0) is 8.97. The van der Waals surface area contributed by atoms with Crippen LogP contribution in [-0.2, 0) is 18.4 Å². The summed E-state index contributed by atoms with van der Waals surface area (Å²) in [5.41, 5.74) is 5.97. The molecule has 1 amide bonds. The van der Waals surface area contributed by atoms with Crippen molar-refractivity contribution in [3.63, 3.8) is 0 Å². The van der Waals surface area contributed by atoms with E-state index in [4.69, 9.17) is 5.73 Å². The van der Waals surface area contributed by atoms with Gasteiger partial charge in [-0.1, -0.05) is 0 Å². The van der Waals surface area contributed by atoms with Crippen molar-refractivity contribution in [2.75, 3.05) is 6.54 Å². The van der Waals surface area contributed by atoms with Crippen molar-refractivity contribution in [2.45, 2.75) is 6.54 Å². The number of aromatic nitrogens is 2. The van der Waals surface area contributed by atoms with E-state index in [-0.39, 0.29) is 12.5 Å². The highest BCUT2D eigenvalue weighted by Gasteiger charge is 1.98. The number of hydrogen-bond acceptors (Lipinski definition) is 3. The summed E-state index contributed by atoms with van der Waals surface area (Å²) in [6.07, 6.45) is 1.71. The van der Waals surface area contributed by atoms with Gasteiger partial charge in [-0.2, -0.15) is 5.10 Å². The zero-order valence-electron chi connectivity index (χ0n) is 6.95. The van der Waals surface area contributed by atoms with E-state index in [1.54, 1.807) is 10.9 Å². The third kappa shape index (κ3) is 2.35. The van der Waals surface area contributed by atoms with Crippen molar-refractivity contribution in [2.24, 2.45) is 12.8 Å². The van der Waals surface area contributed by atoms with Gasteiger partial charge in [-0.05, 0) is 6.07 Å². The normalized spacial score (nSPS) is 10.1. The molecule has 1 aromatic rings. The third-order valence-electron chi connectivity index (χ3n) is 1.53. The van der Waals surface area contributed by atoms with Crippen molar-refractivity contribution in [1.82, 2.24) is 15.1 Å². The van der Waals surface area contributed by atoms with Crippen LogP contribution in [0.15, 0.2) is 12.3 Å². The molecule has 0 aliphatic rings. The van der Waals surface area contributed by atoms with Gasteiger partial charge in [0.05, 0.1) is 12.2 Å². The number of nitrogens with two attached hydrogens (primary N) is 1. The highest BCUT2D eigenvalue weighted by atomic mass is 16.1. The van der Waals surface area contributed by atoms with Crippen LogP contribution in [0, 0.1) is 0 Å². The number of primary amides is 1. The van der Waals surface area contributed by atoms with Crippen LogP contribution in [0.1, 0.15) is 5.69 Å². The van der Waals surface area contributed by atoms with Gasteiger partial charge in [0.15, 0.2) is 0 Å². The smallest absolute Gasteiger partial charge is 0.231 e. The van der Waals surface area contributed by atoms with E-state index in [0.717, 1.165) is 5.69 Å². The first-order chi connectivity index (χ1) is 5.70. The van der Waals surface area contributed by atoms with Gasteiger partial charge < -0.3 is 11.1 Å². The van der Waals surface area contributed by atoms with Gasteiger partial charge in [0.1, 0.15) is 0 Å². The van der Waals surface area contributed by atoms with E-state index in [1.165, 1.54) is 0 Å². The summed E-state index contributed by atoms with van der Waals surface area (Å²) in [6, 6.07) is 1.88. The first-order valence-electron chi connectivity index (χ1n) is 3.66. The molecular formula is C7H12N4O. The Hall–Kier alpha value is -1.36. The van der Waals surface area contributed by atoms with Crippen LogP contribution < -0.4 is 11.1 Å². The van der Waals surface area contributed by atoms with Gasteiger partial charge in [0.25, 0.3) is 0 Å². The molecule has 0 saturated heterocycles. The lowest BCUT2D eigenvalue weighted by Crippen LogP contribution is -2.28. The van der Waals surface area contributed by atoms with Crippen LogP contribution in [0.3, 0.4) is 0 Å². The van der Waals surface area contributed by atoms with Crippen molar-refractivity contribution in [3.05, 3.63) is 18.0 Å². The monoisotopic (exact) mass is 168 g/mol. The number of carbonyl (C=O) groups excluding carboxylic acids is 1. The predicted octanol–water partition coefficient (Wildman–Crippen LogP) is -1.00. The highest BCUT2D eigenvalue weighted by Crippen LogP contribution is 1.93.